The highest BCUT2D eigenvalue weighted by atomic mass is 16.4. The number of azide groups is 1. The molecule has 5 heteroatoms. The maximum atomic E-state index is 10.6. The molecular formula is C14H11N3O2. The summed E-state index contributed by atoms with van der Waals surface area (Å²) >= 11 is 0. The lowest BCUT2D eigenvalue weighted by Gasteiger charge is -2.04. The third-order valence-electron chi connectivity index (χ3n) is 2.78. The minimum Gasteiger partial charge on any atom is -0.478 e. The first-order valence-electron chi connectivity index (χ1n) is 5.60. The molecule has 2 rings (SSSR count). The Kier molecular flexibility index (Phi) is 3.50. The molecule has 0 amide bonds. The largest absolute Gasteiger partial charge is 0.478 e. The highest BCUT2D eigenvalue weighted by Gasteiger charge is 2.01. The predicted octanol–water partition coefficient (Wildman–Crippen LogP) is 4.27. The van der Waals surface area contributed by atoms with Crippen LogP contribution in [0.15, 0.2) is 47.6 Å². The first-order chi connectivity index (χ1) is 9.10. The van der Waals surface area contributed by atoms with Gasteiger partial charge in [0.15, 0.2) is 0 Å². The Morgan fingerprint density at radius 2 is 1.95 bits per heavy atom. The van der Waals surface area contributed by atoms with Crippen LogP contribution in [0.4, 0.5) is 5.69 Å². The molecule has 2 aromatic rings. The van der Waals surface area contributed by atoms with Crippen LogP contribution in [0.5, 0.6) is 0 Å². The number of allylic oxidation sites excluding steroid dienone is 1. The van der Waals surface area contributed by atoms with E-state index in [4.69, 9.17) is 10.6 Å². The van der Waals surface area contributed by atoms with Crippen LogP contribution in [-0.2, 0) is 4.79 Å². The number of fused-ring (bicyclic) bond motifs is 1. The molecule has 0 heterocycles. The summed E-state index contributed by atoms with van der Waals surface area (Å²) in [5, 5.41) is 14.2. The minimum atomic E-state index is -0.962. The highest BCUT2D eigenvalue weighted by molar-refractivity contribution is 5.93. The Hall–Kier alpha value is -2.78. The number of hydrogen-bond donors (Lipinski definition) is 1. The van der Waals surface area contributed by atoms with Crippen LogP contribution in [0.25, 0.3) is 26.8 Å². The summed E-state index contributed by atoms with van der Waals surface area (Å²) in [5.74, 6) is -0.962. The molecule has 0 aliphatic carbocycles. The summed E-state index contributed by atoms with van der Waals surface area (Å²) in [6.07, 6.45) is 1.18. The van der Waals surface area contributed by atoms with E-state index in [0.29, 0.717) is 11.3 Å². The van der Waals surface area contributed by atoms with Gasteiger partial charge in [0.2, 0.25) is 0 Å². The lowest BCUT2D eigenvalue weighted by molar-refractivity contribution is -0.131. The second-order valence-electron chi connectivity index (χ2n) is 4.10. The number of carboxylic acid groups (broad SMARTS) is 1. The van der Waals surface area contributed by atoms with Crippen molar-refractivity contribution in [3.63, 3.8) is 0 Å². The van der Waals surface area contributed by atoms with Gasteiger partial charge in [-0.3, -0.25) is 0 Å². The average Bonchev–Trinajstić information content (AvgIpc) is 2.37. The molecule has 0 atom stereocenters. The summed E-state index contributed by atoms with van der Waals surface area (Å²) in [5.41, 5.74) is 10.5. The molecule has 0 fully saturated rings. The van der Waals surface area contributed by atoms with E-state index in [2.05, 4.69) is 10.0 Å². The molecule has 0 aliphatic heterocycles. The van der Waals surface area contributed by atoms with Crippen molar-refractivity contribution < 1.29 is 9.90 Å². The van der Waals surface area contributed by atoms with Gasteiger partial charge in [0.25, 0.3) is 0 Å². The van der Waals surface area contributed by atoms with Crippen LogP contribution < -0.4 is 0 Å². The standard InChI is InChI=1S/C14H11N3O2/c1-9(6-14(18)19)10-2-3-12-8-13(16-17-15)5-4-11(12)7-10/h2-8H,1H3,(H,18,19)/b9-6+. The van der Waals surface area contributed by atoms with E-state index in [0.717, 1.165) is 16.3 Å². The summed E-state index contributed by atoms with van der Waals surface area (Å²) in [7, 11) is 0. The van der Waals surface area contributed by atoms with Gasteiger partial charge in [0, 0.05) is 16.7 Å². The van der Waals surface area contributed by atoms with Crippen LogP contribution in [0.1, 0.15) is 12.5 Å². The van der Waals surface area contributed by atoms with Crippen LogP contribution in [0.3, 0.4) is 0 Å². The van der Waals surface area contributed by atoms with Gasteiger partial charge in [-0.25, -0.2) is 4.79 Å². The molecular weight excluding hydrogens is 242 g/mol. The van der Waals surface area contributed by atoms with E-state index in [1.165, 1.54) is 6.08 Å². The molecule has 5 nitrogen and oxygen atoms in total. The van der Waals surface area contributed by atoms with E-state index in [-0.39, 0.29) is 0 Å². The number of hydrogen-bond acceptors (Lipinski definition) is 2. The van der Waals surface area contributed by atoms with E-state index in [9.17, 15) is 4.79 Å². The van der Waals surface area contributed by atoms with Crippen molar-refractivity contribution >= 4 is 28.0 Å². The summed E-state index contributed by atoms with van der Waals surface area (Å²) in [6.45, 7) is 1.75. The van der Waals surface area contributed by atoms with Gasteiger partial charge in [-0.2, -0.15) is 0 Å². The first kappa shape index (κ1) is 12.7. The summed E-state index contributed by atoms with van der Waals surface area (Å²) in [4.78, 5) is 13.4. The zero-order valence-corrected chi connectivity index (χ0v) is 10.2. The number of carboxylic acids is 1. The molecule has 0 unspecified atom stereocenters. The summed E-state index contributed by atoms with van der Waals surface area (Å²) < 4.78 is 0. The quantitative estimate of drug-likeness (QED) is 0.383. The fourth-order valence-corrected chi connectivity index (χ4v) is 1.86. The lowest BCUT2D eigenvalue weighted by atomic mass is 10.0. The van der Waals surface area contributed by atoms with E-state index in [1.807, 2.05) is 24.3 Å². The van der Waals surface area contributed by atoms with Crippen LogP contribution in [0.2, 0.25) is 0 Å². The molecule has 0 aromatic heterocycles. The van der Waals surface area contributed by atoms with Crippen molar-refractivity contribution in [2.75, 3.05) is 0 Å². The molecule has 0 saturated heterocycles. The number of nitrogens with zero attached hydrogens (tertiary/aromatic N) is 3. The van der Waals surface area contributed by atoms with E-state index in [1.54, 1.807) is 19.1 Å². The predicted molar refractivity (Wildman–Crippen MR) is 74.0 cm³/mol. The number of benzene rings is 2. The Balaban J connectivity index is 2.50. The van der Waals surface area contributed by atoms with Gasteiger partial charge in [-0.05, 0) is 46.5 Å². The molecule has 0 radical (unpaired) electrons. The maximum absolute atomic E-state index is 10.6. The zero-order chi connectivity index (χ0) is 13.8. The third kappa shape index (κ3) is 2.91. The van der Waals surface area contributed by atoms with Crippen molar-refractivity contribution in [2.24, 2.45) is 5.11 Å². The topological polar surface area (TPSA) is 86.1 Å². The van der Waals surface area contributed by atoms with Crippen molar-refractivity contribution in [3.05, 3.63) is 58.5 Å². The van der Waals surface area contributed by atoms with Crippen LogP contribution >= 0.6 is 0 Å². The Morgan fingerprint density at radius 1 is 1.26 bits per heavy atom. The zero-order valence-electron chi connectivity index (χ0n) is 10.2. The first-order valence-corrected chi connectivity index (χ1v) is 5.60. The van der Waals surface area contributed by atoms with Crippen molar-refractivity contribution in [1.29, 1.82) is 0 Å². The monoisotopic (exact) mass is 253 g/mol. The smallest absolute Gasteiger partial charge is 0.328 e. The minimum absolute atomic E-state index is 0.556. The van der Waals surface area contributed by atoms with Gasteiger partial charge in [0.1, 0.15) is 0 Å². The van der Waals surface area contributed by atoms with Gasteiger partial charge < -0.3 is 5.11 Å². The third-order valence-corrected chi connectivity index (χ3v) is 2.78. The molecule has 1 N–H and O–H groups in total. The molecule has 2 aromatic carbocycles. The Morgan fingerprint density at radius 3 is 2.63 bits per heavy atom. The van der Waals surface area contributed by atoms with Gasteiger partial charge >= 0.3 is 5.97 Å². The van der Waals surface area contributed by atoms with Crippen LogP contribution in [0, 0.1) is 0 Å². The van der Waals surface area contributed by atoms with Crippen LogP contribution in [-0.4, -0.2) is 11.1 Å². The average molecular weight is 253 g/mol. The van der Waals surface area contributed by atoms with Crippen molar-refractivity contribution in [3.8, 4) is 0 Å². The van der Waals surface area contributed by atoms with Gasteiger partial charge in [-0.1, -0.05) is 29.4 Å². The molecule has 19 heavy (non-hydrogen) atoms. The SMILES string of the molecule is C/C(=C\C(=O)O)c1ccc2cc(N=[N+]=[N-])ccc2c1. The van der Waals surface area contributed by atoms with Crippen molar-refractivity contribution in [1.82, 2.24) is 0 Å². The molecule has 0 spiro atoms. The summed E-state index contributed by atoms with van der Waals surface area (Å²) in [6, 6.07) is 11.0. The number of rotatable bonds is 3. The molecule has 0 aliphatic rings. The number of aliphatic carboxylic acids is 1. The number of carbonyl (C=O) groups is 1. The fraction of sp³-hybridized carbons (Fsp3) is 0.0714. The lowest BCUT2D eigenvalue weighted by Crippen LogP contribution is -1.90. The van der Waals surface area contributed by atoms with E-state index >= 15 is 0 Å². The Labute approximate surface area is 109 Å². The fourth-order valence-electron chi connectivity index (χ4n) is 1.86. The van der Waals surface area contributed by atoms with Gasteiger partial charge in [0.05, 0.1) is 0 Å². The maximum Gasteiger partial charge on any atom is 0.328 e. The van der Waals surface area contributed by atoms with E-state index < -0.39 is 5.97 Å². The molecule has 0 bridgehead atoms. The molecule has 0 saturated carbocycles. The normalized spacial score (nSPS) is 11.1. The highest BCUT2D eigenvalue weighted by Crippen LogP contribution is 2.25. The van der Waals surface area contributed by atoms with Gasteiger partial charge in [-0.15, -0.1) is 0 Å². The second-order valence-corrected chi connectivity index (χ2v) is 4.10. The molecule has 94 valence electrons. The Bertz CT molecular complexity index is 729. The second kappa shape index (κ2) is 5.25. The van der Waals surface area contributed by atoms with Crippen molar-refractivity contribution in [2.45, 2.75) is 6.92 Å².